The number of ether oxygens (including phenoxy) is 1. The van der Waals surface area contributed by atoms with Gasteiger partial charge in [0.05, 0.1) is 5.02 Å². The molecule has 7 nitrogen and oxygen atoms in total. The number of aromatic amines is 1. The third-order valence-electron chi connectivity index (χ3n) is 5.24. The molecule has 2 aromatic carbocycles. The zero-order chi connectivity index (χ0) is 28.2. The van der Waals surface area contributed by atoms with E-state index in [4.69, 9.17) is 49.4 Å². The summed E-state index contributed by atoms with van der Waals surface area (Å²) in [6, 6.07) is 8.36. The number of hydrogen-bond acceptors (Lipinski definition) is 4. The summed E-state index contributed by atoms with van der Waals surface area (Å²) in [4.78, 5) is 28.2. The lowest BCUT2D eigenvalue weighted by Gasteiger charge is -2.13. The number of carbonyl (C=O) groups excluding carboxylic acids is 1. The van der Waals surface area contributed by atoms with E-state index in [1.165, 1.54) is 12.1 Å². The first-order chi connectivity index (χ1) is 17.8. The molecule has 1 aromatic heterocycles. The molecule has 0 spiro atoms. The minimum atomic E-state index is -5.08. The third kappa shape index (κ3) is 7.75. The normalized spacial score (nSPS) is 12.9. The minimum absolute atomic E-state index is 0.0716. The molecule has 4 rings (SSSR count). The Hall–Kier alpha value is -3.02. The number of rotatable bonds is 7. The van der Waals surface area contributed by atoms with E-state index in [1.54, 1.807) is 6.07 Å². The summed E-state index contributed by atoms with van der Waals surface area (Å²) in [5.74, 6) is -2.56. The van der Waals surface area contributed by atoms with Crippen LogP contribution < -0.4 is 10.1 Å². The van der Waals surface area contributed by atoms with Crippen molar-refractivity contribution in [2.75, 3.05) is 0 Å². The van der Waals surface area contributed by atoms with Crippen molar-refractivity contribution in [2.45, 2.75) is 44.8 Å². The molecule has 1 fully saturated rings. The van der Waals surface area contributed by atoms with Gasteiger partial charge in [0.25, 0.3) is 5.91 Å². The number of aromatic nitrogens is 2. The van der Waals surface area contributed by atoms with E-state index in [0.717, 1.165) is 18.4 Å². The maximum absolute atomic E-state index is 15.1. The molecule has 0 bridgehead atoms. The Balaban J connectivity index is 0.000000505. The summed E-state index contributed by atoms with van der Waals surface area (Å²) >= 11 is 18.4. The van der Waals surface area contributed by atoms with Crippen LogP contribution in [0.2, 0.25) is 15.2 Å². The molecule has 38 heavy (non-hydrogen) atoms. The Kier molecular flexibility index (Phi) is 9.50. The second-order valence-corrected chi connectivity index (χ2v) is 9.34. The summed E-state index contributed by atoms with van der Waals surface area (Å²) in [7, 11) is 0. The fourth-order valence-electron chi connectivity index (χ4n) is 3.20. The van der Waals surface area contributed by atoms with E-state index < -0.39 is 23.9 Å². The topological polar surface area (TPSA) is 104 Å². The average Bonchev–Trinajstić information content (AvgIpc) is 3.62. The first kappa shape index (κ1) is 29.5. The highest BCUT2D eigenvalue weighted by molar-refractivity contribution is 6.32. The first-order valence-electron chi connectivity index (χ1n) is 11.1. The Morgan fingerprint density at radius 2 is 1.84 bits per heavy atom. The number of nitrogens with zero attached hydrogens (tertiary/aromatic N) is 1. The number of imidazole rings is 1. The van der Waals surface area contributed by atoms with Crippen molar-refractivity contribution in [1.82, 2.24) is 15.3 Å². The number of carbonyl (C=O) groups is 2. The van der Waals surface area contributed by atoms with E-state index >= 15 is 4.39 Å². The van der Waals surface area contributed by atoms with Crippen molar-refractivity contribution < 1.29 is 37.0 Å². The molecular formula is C24H20Cl3F4N3O4. The van der Waals surface area contributed by atoms with Gasteiger partial charge in [-0.05, 0) is 48.6 Å². The van der Waals surface area contributed by atoms with Gasteiger partial charge in [0, 0.05) is 23.6 Å². The van der Waals surface area contributed by atoms with Gasteiger partial charge < -0.3 is 20.1 Å². The van der Waals surface area contributed by atoms with Crippen LogP contribution >= 0.6 is 34.8 Å². The van der Waals surface area contributed by atoms with Crippen LogP contribution in [0.15, 0.2) is 30.3 Å². The molecule has 0 aliphatic heterocycles. The van der Waals surface area contributed by atoms with Crippen molar-refractivity contribution in [3.05, 3.63) is 74.0 Å². The number of amides is 1. The molecule has 0 saturated heterocycles. The molecule has 3 aromatic rings. The van der Waals surface area contributed by atoms with Crippen LogP contribution in [0.5, 0.6) is 11.5 Å². The van der Waals surface area contributed by atoms with Gasteiger partial charge in [-0.25, -0.2) is 14.2 Å². The third-order valence-corrected chi connectivity index (χ3v) is 6.03. The number of carboxylic acid groups (broad SMARTS) is 1. The van der Waals surface area contributed by atoms with Crippen LogP contribution in [-0.4, -0.2) is 33.1 Å². The Morgan fingerprint density at radius 1 is 1.18 bits per heavy atom. The monoisotopic (exact) mass is 595 g/mol. The summed E-state index contributed by atoms with van der Waals surface area (Å²) in [6.07, 6.45) is -2.28. The van der Waals surface area contributed by atoms with Gasteiger partial charge in [-0.15, -0.1) is 0 Å². The molecule has 1 aliphatic rings. The molecule has 1 saturated carbocycles. The highest BCUT2D eigenvalue weighted by Crippen LogP contribution is 2.43. The molecule has 0 atom stereocenters. The number of benzene rings is 2. The lowest BCUT2D eigenvalue weighted by molar-refractivity contribution is -0.192. The van der Waals surface area contributed by atoms with Crippen molar-refractivity contribution in [3.63, 3.8) is 0 Å². The highest BCUT2D eigenvalue weighted by Gasteiger charge is 2.38. The Bertz CT molecular complexity index is 1340. The van der Waals surface area contributed by atoms with Crippen molar-refractivity contribution in [3.8, 4) is 11.5 Å². The molecule has 1 heterocycles. The SMILES string of the molecule is CCc1nc(Cl)c(C(=O)NCc2ccc(Cl)c(Oc3cc(Cl)cc(C4CC4)c3)c2F)[nH]1.O=C(O)C(F)(F)F. The van der Waals surface area contributed by atoms with Gasteiger partial charge in [-0.2, -0.15) is 13.2 Å². The van der Waals surface area contributed by atoms with Crippen LogP contribution in [0.3, 0.4) is 0 Å². The zero-order valence-electron chi connectivity index (χ0n) is 19.6. The van der Waals surface area contributed by atoms with Gasteiger partial charge in [-0.3, -0.25) is 4.79 Å². The number of carboxylic acids is 1. The van der Waals surface area contributed by atoms with Crippen LogP contribution in [-0.2, 0) is 17.8 Å². The quantitative estimate of drug-likeness (QED) is 0.248. The van der Waals surface area contributed by atoms with Crippen molar-refractivity contribution in [1.29, 1.82) is 0 Å². The fourth-order valence-corrected chi connectivity index (χ4v) is 3.85. The molecule has 3 N–H and O–H groups in total. The van der Waals surface area contributed by atoms with Crippen LogP contribution in [0, 0.1) is 5.82 Å². The zero-order valence-corrected chi connectivity index (χ0v) is 21.8. The maximum atomic E-state index is 15.1. The molecule has 1 amide bonds. The lowest BCUT2D eigenvalue weighted by Crippen LogP contribution is -2.24. The predicted octanol–water partition coefficient (Wildman–Crippen LogP) is 7.30. The number of halogens is 7. The Morgan fingerprint density at radius 3 is 2.39 bits per heavy atom. The minimum Gasteiger partial charge on any atom is -0.475 e. The second-order valence-electron chi connectivity index (χ2n) is 8.13. The average molecular weight is 597 g/mol. The van der Waals surface area contributed by atoms with Crippen LogP contribution in [0.25, 0.3) is 0 Å². The van der Waals surface area contributed by atoms with E-state index in [2.05, 4.69) is 15.3 Å². The predicted molar refractivity (Wildman–Crippen MR) is 133 cm³/mol. The number of nitrogens with one attached hydrogen (secondary N) is 2. The van der Waals surface area contributed by atoms with E-state index in [0.29, 0.717) is 28.9 Å². The standard InChI is InChI=1S/C22H19Cl3FN3O2.C2HF3O2/c1-2-17-28-19(21(25)29-17)22(30)27-10-12-5-6-16(24)20(18(12)26)31-15-8-13(11-3-4-11)7-14(23)9-15;3-2(4,5)1(6)7/h5-9,11H,2-4,10H2,1H3,(H,27,30)(H,28,29);(H,6,7). The fraction of sp³-hybridized carbons (Fsp3) is 0.292. The van der Waals surface area contributed by atoms with Crippen molar-refractivity contribution in [2.24, 2.45) is 0 Å². The molecule has 1 aliphatic carbocycles. The van der Waals surface area contributed by atoms with E-state index in [-0.39, 0.29) is 33.7 Å². The number of H-pyrrole nitrogens is 1. The van der Waals surface area contributed by atoms with Crippen molar-refractivity contribution >= 4 is 46.7 Å². The number of aryl methyl sites for hydroxylation is 1. The highest BCUT2D eigenvalue weighted by atomic mass is 35.5. The van der Waals surface area contributed by atoms with Gasteiger partial charge in [0.2, 0.25) is 0 Å². The number of alkyl halides is 3. The van der Waals surface area contributed by atoms with Gasteiger partial charge in [0.1, 0.15) is 17.3 Å². The molecule has 0 unspecified atom stereocenters. The molecule has 204 valence electrons. The van der Waals surface area contributed by atoms with Gasteiger partial charge >= 0.3 is 12.1 Å². The largest absolute Gasteiger partial charge is 0.490 e. The second kappa shape index (κ2) is 12.2. The Labute approximate surface area is 229 Å². The summed E-state index contributed by atoms with van der Waals surface area (Å²) in [6.45, 7) is 1.80. The maximum Gasteiger partial charge on any atom is 0.490 e. The first-order valence-corrected chi connectivity index (χ1v) is 12.2. The molecular weight excluding hydrogens is 577 g/mol. The van der Waals surface area contributed by atoms with Crippen LogP contribution in [0.1, 0.15) is 53.1 Å². The number of aliphatic carboxylic acids is 1. The molecule has 0 radical (unpaired) electrons. The molecule has 14 heteroatoms. The summed E-state index contributed by atoms with van der Waals surface area (Å²) < 4.78 is 52.6. The van der Waals surface area contributed by atoms with Gasteiger partial charge in [0.15, 0.2) is 16.7 Å². The smallest absolute Gasteiger partial charge is 0.475 e. The van der Waals surface area contributed by atoms with Gasteiger partial charge in [-0.1, -0.05) is 47.8 Å². The summed E-state index contributed by atoms with van der Waals surface area (Å²) in [5.41, 5.74) is 1.41. The van der Waals surface area contributed by atoms with Crippen LogP contribution in [0.4, 0.5) is 17.6 Å². The lowest BCUT2D eigenvalue weighted by atomic mass is 10.1. The van der Waals surface area contributed by atoms with E-state index in [9.17, 15) is 18.0 Å². The summed E-state index contributed by atoms with van der Waals surface area (Å²) in [5, 5.41) is 10.5. The van der Waals surface area contributed by atoms with E-state index in [1.807, 2.05) is 19.1 Å². The number of hydrogen-bond donors (Lipinski definition) is 3.